The molecule has 0 bridgehead atoms. The van der Waals surface area contributed by atoms with E-state index in [1.165, 1.54) is 6.07 Å². The van der Waals surface area contributed by atoms with E-state index in [0.717, 1.165) is 17.2 Å². The van der Waals surface area contributed by atoms with Gasteiger partial charge >= 0.3 is 0 Å². The van der Waals surface area contributed by atoms with Crippen LogP contribution in [0.4, 0.5) is 8.78 Å². The number of hydrogen-bond donors (Lipinski definition) is 0. The number of rotatable bonds is 2. The van der Waals surface area contributed by atoms with Crippen LogP contribution in [0.3, 0.4) is 0 Å². The summed E-state index contributed by atoms with van der Waals surface area (Å²) in [6.45, 7) is 1.85. The Kier molecular flexibility index (Phi) is 3.78. The maximum Gasteiger partial charge on any atom is 0.159 e. The Hall–Kier alpha value is -1.67. The van der Waals surface area contributed by atoms with E-state index < -0.39 is 11.6 Å². The molecule has 2 rings (SSSR count). The van der Waals surface area contributed by atoms with Crippen molar-refractivity contribution in [3.63, 3.8) is 0 Å². The number of halogens is 3. The van der Waals surface area contributed by atoms with Gasteiger partial charge in [-0.2, -0.15) is 0 Å². The monoisotopic (exact) mass is 264 g/mol. The Labute approximate surface area is 110 Å². The molecule has 0 heterocycles. The summed E-state index contributed by atoms with van der Waals surface area (Å²) < 4.78 is 25.9. The van der Waals surface area contributed by atoms with Gasteiger partial charge in [0.1, 0.15) is 0 Å². The minimum Gasteiger partial charge on any atom is -0.204 e. The molecule has 0 nitrogen and oxygen atoms in total. The van der Waals surface area contributed by atoms with Gasteiger partial charge in [-0.15, -0.1) is 0 Å². The Morgan fingerprint density at radius 2 is 1.67 bits per heavy atom. The predicted octanol–water partition coefficient (Wildman–Crippen LogP) is 5.18. The van der Waals surface area contributed by atoms with Gasteiger partial charge < -0.3 is 0 Å². The maximum atomic E-state index is 13.1. The largest absolute Gasteiger partial charge is 0.204 e. The fraction of sp³-hybridized carbons (Fsp3) is 0.0667. The third-order valence-electron chi connectivity index (χ3n) is 2.63. The second-order valence-corrected chi connectivity index (χ2v) is 4.44. The summed E-state index contributed by atoms with van der Waals surface area (Å²) in [6.07, 6.45) is 1.89. The molecular formula is C15H11ClF2. The first-order chi connectivity index (χ1) is 8.56. The minimum atomic E-state index is -0.837. The zero-order chi connectivity index (χ0) is 13.1. The van der Waals surface area contributed by atoms with Crippen molar-refractivity contribution in [3.05, 3.63) is 70.2 Å². The lowest BCUT2D eigenvalue weighted by Crippen LogP contribution is -1.87. The Morgan fingerprint density at radius 1 is 1.00 bits per heavy atom. The fourth-order valence-electron chi connectivity index (χ4n) is 1.63. The molecule has 0 radical (unpaired) electrons. The normalized spacial score (nSPS) is 11.7. The molecule has 0 atom stereocenters. The first kappa shape index (κ1) is 12.8. The standard InChI is InChI=1S/C15H11ClF2/c1-10(8-11-2-5-13(16)6-3-11)12-4-7-14(17)15(18)9-12/h2-9H,1H3/b10-8+. The van der Waals surface area contributed by atoms with E-state index in [-0.39, 0.29) is 0 Å². The predicted molar refractivity (Wildman–Crippen MR) is 71.4 cm³/mol. The quantitative estimate of drug-likeness (QED) is 0.656. The molecule has 0 spiro atoms. The SMILES string of the molecule is C/C(=C\c1ccc(Cl)cc1)c1ccc(F)c(F)c1. The first-order valence-electron chi connectivity index (χ1n) is 5.45. The highest BCUT2D eigenvalue weighted by atomic mass is 35.5. The van der Waals surface area contributed by atoms with Crippen LogP contribution in [-0.2, 0) is 0 Å². The van der Waals surface area contributed by atoms with Crippen molar-refractivity contribution in [3.8, 4) is 0 Å². The molecule has 0 aliphatic carbocycles. The average molecular weight is 265 g/mol. The van der Waals surface area contributed by atoms with E-state index in [1.54, 1.807) is 18.2 Å². The molecule has 0 saturated carbocycles. The van der Waals surface area contributed by atoms with Gasteiger partial charge in [0.25, 0.3) is 0 Å². The van der Waals surface area contributed by atoms with Crippen LogP contribution in [0.25, 0.3) is 11.6 Å². The summed E-state index contributed by atoms with van der Waals surface area (Å²) in [5, 5.41) is 0.664. The summed E-state index contributed by atoms with van der Waals surface area (Å²) in [7, 11) is 0. The summed E-state index contributed by atoms with van der Waals surface area (Å²) in [5.74, 6) is -1.67. The molecule has 0 saturated heterocycles. The lowest BCUT2D eigenvalue weighted by molar-refractivity contribution is 0.508. The highest BCUT2D eigenvalue weighted by molar-refractivity contribution is 6.30. The van der Waals surface area contributed by atoms with Gasteiger partial charge in [-0.05, 0) is 47.9 Å². The van der Waals surface area contributed by atoms with E-state index >= 15 is 0 Å². The molecule has 0 aliphatic heterocycles. The Morgan fingerprint density at radius 3 is 2.28 bits per heavy atom. The van der Waals surface area contributed by atoms with Gasteiger partial charge in [-0.25, -0.2) is 8.78 Å². The van der Waals surface area contributed by atoms with Crippen molar-refractivity contribution in [1.29, 1.82) is 0 Å². The molecule has 0 unspecified atom stereocenters. The van der Waals surface area contributed by atoms with Crippen LogP contribution < -0.4 is 0 Å². The van der Waals surface area contributed by atoms with E-state index in [9.17, 15) is 8.78 Å². The van der Waals surface area contributed by atoms with Crippen molar-refractivity contribution in [2.45, 2.75) is 6.92 Å². The van der Waals surface area contributed by atoms with Crippen molar-refractivity contribution >= 4 is 23.3 Å². The number of benzene rings is 2. The lowest BCUT2D eigenvalue weighted by atomic mass is 10.0. The van der Waals surface area contributed by atoms with Crippen molar-refractivity contribution in [2.75, 3.05) is 0 Å². The smallest absolute Gasteiger partial charge is 0.159 e. The zero-order valence-corrected chi connectivity index (χ0v) is 10.5. The van der Waals surface area contributed by atoms with Crippen LogP contribution in [0.15, 0.2) is 42.5 Å². The van der Waals surface area contributed by atoms with Gasteiger partial charge in [-0.3, -0.25) is 0 Å². The van der Waals surface area contributed by atoms with E-state index in [2.05, 4.69) is 0 Å². The molecule has 0 N–H and O–H groups in total. The molecule has 2 aromatic rings. The van der Waals surface area contributed by atoms with Crippen LogP contribution >= 0.6 is 11.6 Å². The highest BCUT2D eigenvalue weighted by Crippen LogP contribution is 2.20. The van der Waals surface area contributed by atoms with Crippen molar-refractivity contribution < 1.29 is 8.78 Å². The molecular weight excluding hydrogens is 254 g/mol. The van der Waals surface area contributed by atoms with Gasteiger partial charge in [0.05, 0.1) is 0 Å². The molecule has 92 valence electrons. The number of allylic oxidation sites excluding steroid dienone is 1. The summed E-state index contributed by atoms with van der Waals surface area (Å²) >= 11 is 5.79. The Balaban J connectivity index is 2.32. The van der Waals surface area contributed by atoms with Crippen LogP contribution in [0.2, 0.25) is 5.02 Å². The van der Waals surface area contributed by atoms with Crippen LogP contribution in [-0.4, -0.2) is 0 Å². The summed E-state index contributed by atoms with van der Waals surface area (Å²) in [4.78, 5) is 0. The van der Waals surface area contributed by atoms with Crippen molar-refractivity contribution in [2.24, 2.45) is 0 Å². The minimum absolute atomic E-state index is 0.656. The second kappa shape index (κ2) is 5.32. The van der Waals surface area contributed by atoms with Crippen LogP contribution in [0.1, 0.15) is 18.1 Å². The first-order valence-corrected chi connectivity index (χ1v) is 5.83. The Bertz CT molecular complexity index is 586. The van der Waals surface area contributed by atoms with Gasteiger partial charge in [0, 0.05) is 5.02 Å². The molecule has 18 heavy (non-hydrogen) atoms. The maximum absolute atomic E-state index is 13.1. The molecule has 2 aromatic carbocycles. The zero-order valence-electron chi connectivity index (χ0n) is 9.75. The average Bonchev–Trinajstić information content (AvgIpc) is 2.35. The van der Waals surface area contributed by atoms with Gasteiger partial charge in [0.2, 0.25) is 0 Å². The highest BCUT2D eigenvalue weighted by Gasteiger charge is 2.03. The summed E-state index contributed by atoms with van der Waals surface area (Å²) in [6, 6.07) is 11.2. The third-order valence-corrected chi connectivity index (χ3v) is 2.88. The van der Waals surface area contributed by atoms with Crippen molar-refractivity contribution in [1.82, 2.24) is 0 Å². The van der Waals surface area contributed by atoms with Crippen LogP contribution in [0.5, 0.6) is 0 Å². The molecule has 0 aliphatic rings. The number of hydrogen-bond acceptors (Lipinski definition) is 0. The second-order valence-electron chi connectivity index (χ2n) is 4.01. The molecule has 3 heteroatoms. The van der Waals surface area contributed by atoms with Gasteiger partial charge in [0.15, 0.2) is 11.6 Å². The molecule has 0 fully saturated rings. The third kappa shape index (κ3) is 2.96. The summed E-state index contributed by atoms with van der Waals surface area (Å²) in [5.41, 5.74) is 2.47. The van der Waals surface area contributed by atoms with Gasteiger partial charge in [-0.1, -0.05) is 35.9 Å². The van der Waals surface area contributed by atoms with E-state index in [1.807, 2.05) is 25.1 Å². The topological polar surface area (TPSA) is 0 Å². The fourth-order valence-corrected chi connectivity index (χ4v) is 1.76. The van der Waals surface area contributed by atoms with E-state index in [4.69, 9.17) is 11.6 Å². The van der Waals surface area contributed by atoms with Crippen LogP contribution in [0, 0.1) is 11.6 Å². The lowest BCUT2D eigenvalue weighted by Gasteiger charge is -2.03. The molecule has 0 amide bonds. The van der Waals surface area contributed by atoms with E-state index in [0.29, 0.717) is 10.6 Å². The molecule has 0 aromatic heterocycles.